The van der Waals surface area contributed by atoms with Gasteiger partial charge in [-0.3, -0.25) is 0 Å². The van der Waals surface area contributed by atoms with Crippen molar-refractivity contribution in [2.45, 2.75) is 40.0 Å². The van der Waals surface area contributed by atoms with Crippen LogP contribution in [0.25, 0.3) is 5.57 Å². The Bertz CT molecular complexity index is 319. The van der Waals surface area contributed by atoms with Crippen LogP contribution in [0.2, 0.25) is 0 Å². The lowest BCUT2D eigenvalue weighted by atomic mass is 9.91. The Balaban J connectivity index is 3.19. The van der Waals surface area contributed by atoms with Crippen molar-refractivity contribution in [2.75, 3.05) is 0 Å². The molecule has 0 fully saturated rings. The third-order valence-corrected chi connectivity index (χ3v) is 2.66. The molecule has 1 aromatic carbocycles. The van der Waals surface area contributed by atoms with Crippen LogP contribution in [0.1, 0.15) is 51.2 Å². The fourth-order valence-electron chi connectivity index (χ4n) is 1.84. The molecule has 0 heteroatoms. The lowest BCUT2D eigenvalue weighted by Crippen LogP contribution is -1.94. The molecule has 76 valence electrons. The molecule has 0 spiro atoms. The van der Waals surface area contributed by atoms with Gasteiger partial charge < -0.3 is 0 Å². The predicted octanol–water partition coefficient (Wildman–Crippen LogP) is 4.62. The highest BCUT2D eigenvalue weighted by atomic mass is 14.1. The second-order valence-electron chi connectivity index (χ2n) is 3.91. The minimum absolute atomic E-state index is 0.604. The Kier molecular flexibility index (Phi) is 3.94. The summed E-state index contributed by atoms with van der Waals surface area (Å²) in [7, 11) is 0. The van der Waals surface area contributed by atoms with E-state index in [1.54, 1.807) is 0 Å². The third-order valence-electron chi connectivity index (χ3n) is 2.66. The maximum atomic E-state index is 2.25. The van der Waals surface area contributed by atoms with E-state index >= 15 is 0 Å². The van der Waals surface area contributed by atoms with Crippen LogP contribution >= 0.6 is 0 Å². The van der Waals surface area contributed by atoms with Gasteiger partial charge in [-0.15, -0.1) is 0 Å². The van der Waals surface area contributed by atoms with Crippen molar-refractivity contribution in [3.05, 3.63) is 41.5 Å². The van der Waals surface area contributed by atoms with Crippen LogP contribution in [-0.4, -0.2) is 0 Å². The normalized spacial score (nSPS) is 12.2. The van der Waals surface area contributed by atoms with Gasteiger partial charge in [0.25, 0.3) is 0 Å². The first-order valence-electron chi connectivity index (χ1n) is 5.45. The molecule has 0 heterocycles. The summed E-state index contributed by atoms with van der Waals surface area (Å²) in [5, 5.41) is 0. The van der Waals surface area contributed by atoms with Crippen molar-refractivity contribution in [1.29, 1.82) is 0 Å². The molecule has 0 N–H and O–H groups in total. The smallest absolute Gasteiger partial charge is 0.0193 e. The molecule has 0 aliphatic heterocycles. The number of allylic oxidation sites excluding steroid dienone is 2. The summed E-state index contributed by atoms with van der Waals surface area (Å²) >= 11 is 0. The molecule has 1 aromatic rings. The molecule has 0 aliphatic carbocycles. The van der Waals surface area contributed by atoms with E-state index in [2.05, 4.69) is 58.0 Å². The molecule has 0 saturated carbocycles. The van der Waals surface area contributed by atoms with Gasteiger partial charge in [0.1, 0.15) is 0 Å². The molecule has 0 radical (unpaired) electrons. The van der Waals surface area contributed by atoms with E-state index in [0.29, 0.717) is 5.92 Å². The quantitative estimate of drug-likeness (QED) is 0.649. The first kappa shape index (κ1) is 11.0. The van der Waals surface area contributed by atoms with Crippen molar-refractivity contribution in [3.63, 3.8) is 0 Å². The highest BCUT2D eigenvalue weighted by molar-refractivity contribution is 5.68. The second-order valence-corrected chi connectivity index (χ2v) is 3.91. The number of hydrogen-bond donors (Lipinski definition) is 0. The first-order chi connectivity index (χ1) is 6.70. The van der Waals surface area contributed by atoms with Crippen LogP contribution < -0.4 is 0 Å². The lowest BCUT2D eigenvalue weighted by Gasteiger charge is -2.14. The van der Waals surface area contributed by atoms with E-state index in [0.717, 1.165) is 6.42 Å². The van der Waals surface area contributed by atoms with E-state index in [1.807, 2.05) is 0 Å². The molecule has 14 heavy (non-hydrogen) atoms. The minimum atomic E-state index is 0.604. The molecule has 0 aromatic heterocycles. The summed E-state index contributed by atoms with van der Waals surface area (Å²) in [4.78, 5) is 0. The zero-order valence-electron chi connectivity index (χ0n) is 9.67. The number of rotatable bonds is 3. The highest BCUT2D eigenvalue weighted by Crippen LogP contribution is 2.27. The number of hydrogen-bond acceptors (Lipinski definition) is 0. The third kappa shape index (κ3) is 2.25. The summed E-state index contributed by atoms with van der Waals surface area (Å²) in [6.45, 7) is 8.84. The van der Waals surface area contributed by atoms with Crippen LogP contribution in [0.5, 0.6) is 0 Å². The van der Waals surface area contributed by atoms with Gasteiger partial charge >= 0.3 is 0 Å². The lowest BCUT2D eigenvalue weighted by molar-refractivity contribution is 0.861. The van der Waals surface area contributed by atoms with Gasteiger partial charge in [0.15, 0.2) is 0 Å². The summed E-state index contributed by atoms with van der Waals surface area (Å²) in [6.07, 6.45) is 3.33. The maximum Gasteiger partial charge on any atom is -0.0193 e. The average molecular weight is 188 g/mol. The monoisotopic (exact) mass is 188 g/mol. The molecular weight excluding hydrogens is 168 g/mol. The van der Waals surface area contributed by atoms with E-state index in [9.17, 15) is 0 Å². The largest absolute Gasteiger partial charge is 0.0838 e. The Morgan fingerprint density at radius 3 is 2.43 bits per heavy atom. The molecule has 0 bridgehead atoms. The molecular formula is C14H20. The summed E-state index contributed by atoms with van der Waals surface area (Å²) < 4.78 is 0. The molecule has 0 nitrogen and oxygen atoms in total. The van der Waals surface area contributed by atoms with Crippen LogP contribution in [0, 0.1) is 0 Å². The summed E-state index contributed by atoms with van der Waals surface area (Å²) in [5.74, 6) is 0.604. The Morgan fingerprint density at radius 2 is 1.93 bits per heavy atom. The summed E-state index contributed by atoms with van der Waals surface area (Å²) in [5.41, 5.74) is 4.34. The van der Waals surface area contributed by atoms with Crippen LogP contribution in [0.4, 0.5) is 0 Å². The molecule has 0 amide bonds. The van der Waals surface area contributed by atoms with Crippen molar-refractivity contribution < 1.29 is 0 Å². The molecule has 0 saturated heterocycles. The van der Waals surface area contributed by atoms with Crippen LogP contribution in [-0.2, 0) is 0 Å². The second kappa shape index (κ2) is 4.99. The van der Waals surface area contributed by atoms with Gasteiger partial charge in [-0.1, -0.05) is 51.1 Å². The van der Waals surface area contributed by atoms with Crippen molar-refractivity contribution in [1.82, 2.24) is 0 Å². The predicted molar refractivity (Wildman–Crippen MR) is 64.5 cm³/mol. The van der Waals surface area contributed by atoms with Crippen LogP contribution in [0.15, 0.2) is 30.3 Å². The highest BCUT2D eigenvalue weighted by Gasteiger charge is 2.07. The summed E-state index contributed by atoms with van der Waals surface area (Å²) in [6, 6.07) is 8.72. The fraction of sp³-hybridized carbons (Fsp3) is 0.429. The van der Waals surface area contributed by atoms with E-state index in [-0.39, 0.29) is 0 Å². The maximum absolute atomic E-state index is 2.25. The zero-order chi connectivity index (χ0) is 10.6. The number of benzene rings is 1. The van der Waals surface area contributed by atoms with Crippen molar-refractivity contribution >= 4 is 5.57 Å². The van der Waals surface area contributed by atoms with E-state index < -0.39 is 0 Å². The molecule has 1 rings (SSSR count). The topological polar surface area (TPSA) is 0 Å². The van der Waals surface area contributed by atoms with Gasteiger partial charge in [0.05, 0.1) is 0 Å². The zero-order valence-corrected chi connectivity index (χ0v) is 9.67. The van der Waals surface area contributed by atoms with E-state index in [1.165, 1.54) is 16.7 Å². The van der Waals surface area contributed by atoms with Gasteiger partial charge in [-0.2, -0.15) is 0 Å². The molecule has 0 aliphatic rings. The fourth-order valence-corrected chi connectivity index (χ4v) is 1.84. The van der Waals surface area contributed by atoms with Gasteiger partial charge in [-0.05, 0) is 36.0 Å². The molecule has 0 atom stereocenters. The van der Waals surface area contributed by atoms with E-state index in [4.69, 9.17) is 0 Å². The van der Waals surface area contributed by atoms with Crippen molar-refractivity contribution in [2.24, 2.45) is 0 Å². The Hall–Kier alpha value is -1.04. The molecule has 0 unspecified atom stereocenters. The standard InChI is InChI=1S/C14H20/c1-5-12(6-2)14-10-8-7-9-13(14)11(3)4/h5,7-11H,6H2,1-4H3/b12-5-. The SMILES string of the molecule is C/C=C(/CC)c1ccccc1C(C)C. The Morgan fingerprint density at radius 1 is 1.29 bits per heavy atom. The van der Waals surface area contributed by atoms with Crippen molar-refractivity contribution in [3.8, 4) is 0 Å². The first-order valence-corrected chi connectivity index (χ1v) is 5.45. The minimum Gasteiger partial charge on any atom is -0.0838 e. The van der Waals surface area contributed by atoms with Gasteiger partial charge in [0.2, 0.25) is 0 Å². The van der Waals surface area contributed by atoms with Gasteiger partial charge in [-0.25, -0.2) is 0 Å². The van der Waals surface area contributed by atoms with Gasteiger partial charge in [0, 0.05) is 0 Å². The van der Waals surface area contributed by atoms with Crippen LogP contribution in [0.3, 0.4) is 0 Å². The Labute approximate surface area is 87.7 Å². The average Bonchev–Trinajstić information content (AvgIpc) is 2.20.